The van der Waals surface area contributed by atoms with E-state index in [1.807, 2.05) is 45.9 Å². The normalized spacial score (nSPS) is 15.2. The SMILES string of the molecule is CC(=O)C(OC(C)(C)C)c1c(C)nc2sc3c(c2c1-c1ccccc1O)CCCC3. The number of phenols is 1. The van der Waals surface area contributed by atoms with Crippen LogP contribution < -0.4 is 0 Å². The number of pyridine rings is 1. The van der Waals surface area contributed by atoms with Gasteiger partial charge in [-0.3, -0.25) is 4.79 Å². The van der Waals surface area contributed by atoms with Crippen molar-refractivity contribution in [1.29, 1.82) is 0 Å². The molecule has 0 radical (unpaired) electrons. The summed E-state index contributed by atoms with van der Waals surface area (Å²) in [5.74, 6) is 0.148. The molecular weight excluding hydrogens is 394 g/mol. The summed E-state index contributed by atoms with van der Waals surface area (Å²) in [6, 6.07) is 7.37. The molecule has 3 aromatic rings. The Hall–Kier alpha value is -2.24. The molecule has 1 aromatic carbocycles. The van der Waals surface area contributed by atoms with Crippen molar-refractivity contribution in [3.63, 3.8) is 0 Å². The van der Waals surface area contributed by atoms with Crippen LogP contribution in [0.4, 0.5) is 0 Å². The van der Waals surface area contributed by atoms with Crippen LogP contribution in [0.1, 0.15) is 68.3 Å². The molecule has 0 saturated carbocycles. The zero-order valence-electron chi connectivity index (χ0n) is 18.3. The molecule has 0 saturated heterocycles. The van der Waals surface area contributed by atoms with E-state index in [1.165, 1.54) is 16.9 Å². The molecule has 1 atom stereocenters. The standard InChI is InChI=1S/C25H29NO3S/c1-14-20(23(15(2)27)29-25(3,4)5)21(16-10-6-8-12-18(16)28)22-17-11-7-9-13-19(17)30-24(22)26-14/h6,8,10,12,23,28H,7,9,11,13H2,1-5H3. The van der Waals surface area contributed by atoms with Crippen molar-refractivity contribution in [2.45, 2.75) is 72.0 Å². The fourth-order valence-corrected chi connectivity index (χ4v) is 5.72. The quantitative estimate of drug-likeness (QED) is 0.535. The third kappa shape index (κ3) is 3.77. The monoisotopic (exact) mass is 423 g/mol. The minimum absolute atomic E-state index is 0.0602. The Morgan fingerprint density at radius 2 is 1.90 bits per heavy atom. The number of phenolic OH excluding ortho intramolecular Hbond substituents is 1. The summed E-state index contributed by atoms with van der Waals surface area (Å²) >= 11 is 1.75. The highest BCUT2D eigenvalue weighted by atomic mass is 32.1. The summed E-state index contributed by atoms with van der Waals surface area (Å²) in [5, 5.41) is 11.9. The Morgan fingerprint density at radius 3 is 2.57 bits per heavy atom. The minimum Gasteiger partial charge on any atom is -0.507 e. The summed E-state index contributed by atoms with van der Waals surface area (Å²) in [6.07, 6.45) is 3.68. The van der Waals surface area contributed by atoms with Gasteiger partial charge in [-0.2, -0.15) is 0 Å². The van der Waals surface area contributed by atoms with Crippen molar-refractivity contribution in [2.24, 2.45) is 0 Å². The lowest BCUT2D eigenvalue weighted by atomic mass is 9.87. The first-order valence-corrected chi connectivity index (χ1v) is 11.4. The smallest absolute Gasteiger partial charge is 0.163 e. The summed E-state index contributed by atoms with van der Waals surface area (Å²) in [7, 11) is 0. The van der Waals surface area contributed by atoms with Crippen LogP contribution in [-0.2, 0) is 22.4 Å². The lowest BCUT2D eigenvalue weighted by molar-refractivity contribution is -0.138. The minimum atomic E-state index is -0.740. The Labute approximate surface area is 181 Å². The molecule has 5 heteroatoms. The van der Waals surface area contributed by atoms with Gasteiger partial charge in [0, 0.05) is 32.6 Å². The number of nitrogens with zero attached hydrogens (tertiary/aromatic N) is 1. The number of rotatable bonds is 4. The molecule has 0 spiro atoms. The number of thiophene rings is 1. The molecule has 0 bridgehead atoms. The van der Waals surface area contributed by atoms with Gasteiger partial charge in [-0.15, -0.1) is 11.3 Å². The van der Waals surface area contributed by atoms with E-state index < -0.39 is 11.7 Å². The summed E-state index contributed by atoms with van der Waals surface area (Å²) in [5.41, 5.74) is 4.02. The first-order chi connectivity index (χ1) is 14.2. The van der Waals surface area contributed by atoms with Gasteiger partial charge in [-0.1, -0.05) is 18.2 Å². The molecule has 1 N–H and O–H groups in total. The van der Waals surface area contributed by atoms with E-state index in [9.17, 15) is 9.90 Å². The van der Waals surface area contributed by atoms with E-state index in [-0.39, 0.29) is 11.5 Å². The van der Waals surface area contributed by atoms with E-state index >= 15 is 0 Å². The predicted molar refractivity (Wildman–Crippen MR) is 122 cm³/mol. The van der Waals surface area contributed by atoms with Crippen LogP contribution in [0.3, 0.4) is 0 Å². The van der Waals surface area contributed by atoms with E-state index in [0.717, 1.165) is 51.9 Å². The van der Waals surface area contributed by atoms with Crippen LogP contribution >= 0.6 is 11.3 Å². The molecule has 0 amide bonds. The lowest BCUT2D eigenvalue weighted by Crippen LogP contribution is -2.27. The van der Waals surface area contributed by atoms with Gasteiger partial charge in [-0.25, -0.2) is 4.98 Å². The van der Waals surface area contributed by atoms with Crippen molar-refractivity contribution in [3.05, 3.63) is 46.0 Å². The van der Waals surface area contributed by atoms with Crippen LogP contribution in [0.5, 0.6) is 5.75 Å². The van der Waals surface area contributed by atoms with Gasteiger partial charge in [-0.05, 0) is 71.9 Å². The van der Waals surface area contributed by atoms with Crippen LogP contribution in [0, 0.1) is 6.92 Å². The molecule has 4 nitrogen and oxygen atoms in total. The van der Waals surface area contributed by atoms with E-state index in [4.69, 9.17) is 9.72 Å². The van der Waals surface area contributed by atoms with Crippen LogP contribution in [-0.4, -0.2) is 21.5 Å². The first-order valence-electron chi connectivity index (χ1n) is 10.6. The second-order valence-corrected chi connectivity index (χ2v) is 10.2. The lowest BCUT2D eigenvalue weighted by Gasteiger charge is -2.29. The number of aromatic hydroxyl groups is 1. The highest BCUT2D eigenvalue weighted by Crippen LogP contribution is 2.47. The van der Waals surface area contributed by atoms with Gasteiger partial charge in [0.15, 0.2) is 5.78 Å². The topological polar surface area (TPSA) is 59.4 Å². The summed E-state index contributed by atoms with van der Waals surface area (Å²) in [4.78, 5) is 20.1. The summed E-state index contributed by atoms with van der Waals surface area (Å²) in [6.45, 7) is 9.37. The molecule has 1 aliphatic rings. The fraction of sp³-hybridized carbons (Fsp3) is 0.440. The zero-order chi connectivity index (χ0) is 21.6. The fourth-order valence-electron chi connectivity index (χ4n) is 4.40. The van der Waals surface area contributed by atoms with Gasteiger partial charge >= 0.3 is 0 Å². The third-order valence-corrected chi connectivity index (χ3v) is 6.79. The molecule has 0 aliphatic heterocycles. The second kappa shape index (κ2) is 7.78. The number of benzene rings is 1. The number of aryl methyl sites for hydroxylation is 3. The molecule has 2 aromatic heterocycles. The number of aromatic nitrogens is 1. The van der Waals surface area contributed by atoms with E-state index in [0.29, 0.717) is 0 Å². The van der Waals surface area contributed by atoms with Crippen LogP contribution in [0.2, 0.25) is 0 Å². The Morgan fingerprint density at radius 1 is 1.20 bits per heavy atom. The molecule has 4 rings (SSSR count). The number of ether oxygens (including phenoxy) is 1. The molecule has 1 aliphatic carbocycles. The maximum absolute atomic E-state index is 12.8. The maximum Gasteiger partial charge on any atom is 0.163 e. The maximum atomic E-state index is 12.8. The van der Waals surface area contributed by atoms with E-state index in [1.54, 1.807) is 24.3 Å². The number of hydrogen-bond donors (Lipinski definition) is 1. The number of carbonyl (C=O) groups is 1. The van der Waals surface area contributed by atoms with Crippen LogP contribution in [0.15, 0.2) is 24.3 Å². The number of Topliss-reactive ketones (excluding diaryl/α,β-unsaturated/α-hetero) is 1. The van der Waals surface area contributed by atoms with Gasteiger partial charge in [0.05, 0.1) is 5.60 Å². The van der Waals surface area contributed by atoms with Crippen LogP contribution in [0.25, 0.3) is 21.3 Å². The molecule has 30 heavy (non-hydrogen) atoms. The summed E-state index contributed by atoms with van der Waals surface area (Å²) < 4.78 is 6.27. The number of ketones is 1. The molecule has 1 unspecified atom stereocenters. The van der Waals surface area contributed by atoms with Gasteiger partial charge < -0.3 is 9.84 Å². The highest BCUT2D eigenvalue weighted by Gasteiger charge is 2.32. The number of hydrogen-bond acceptors (Lipinski definition) is 5. The Bertz CT molecular complexity index is 1120. The zero-order valence-corrected chi connectivity index (χ0v) is 19.2. The Kier molecular flexibility index (Phi) is 5.45. The van der Waals surface area contributed by atoms with Crippen molar-refractivity contribution >= 4 is 27.3 Å². The molecule has 158 valence electrons. The average Bonchev–Trinajstić information content (AvgIpc) is 3.03. The molecular formula is C25H29NO3S. The number of carbonyl (C=O) groups excluding carboxylic acids is 1. The third-order valence-electron chi connectivity index (χ3n) is 5.61. The van der Waals surface area contributed by atoms with Crippen molar-refractivity contribution in [3.8, 4) is 16.9 Å². The first kappa shape index (κ1) is 21.0. The van der Waals surface area contributed by atoms with Gasteiger partial charge in [0.2, 0.25) is 0 Å². The van der Waals surface area contributed by atoms with Crippen molar-refractivity contribution < 1.29 is 14.6 Å². The highest BCUT2D eigenvalue weighted by molar-refractivity contribution is 7.19. The van der Waals surface area contributed by atoms with Crippen molar-refractivity contribution in [2.75, 3.05) is 0 Å². The largest absolute Gasteiger partial charge is 0.507 e. The molecule has 2 heterocycles. The van der Waals surface area contributed by atoms with Gasteiger partial charge in [0.25, 0.3) is 0 Å². The average molecular weight is 424 g/mol. The number of para-hydroxylation sites is 1. The van der Waals surface area contributed by atoms with Gasteiger partial charge in [0.1, 0.15) is 16.7 Å². The van der Waals surface area contributed by atoms with Crippen molar-refractivity contribution in [1.82, 2.24) is 4.98 Å². The number of fused-ring (bicyclic) bond motifs is 3. The predicted octanol–water partition coefficient (Wildman–Crippen LogP) is 6.30. The Balaban J connectivity index is 2.11. The van der Waals surface area contributed by atoms with E-state index in [2.05, 4.69) is 0 Å². The second-order valence-electron chi connectivity index (χ2n) is 9.12. The molecule has 0 fully saturated rings.